The standard InChI is InChI=1S/C15H19N2O5P/c1-8-3-10-5-11(7-23(20,21)22)14(6-12(16)15(18)19)17-13(10)4-9(8)2/h3-5,12H,6-7,16H2,1-2H3,(H,18,19)(H2,20,21,22). The summed E-state index contributed by atoms with van der Waals surface area (Å²) in [4.78, 5) is 33.8. The topological polar surface area (TPSA) is 134 Å². The molecule has 0 aliphatic rings. The number of carboxylic acids is 1. The zero-order valence-corrected chi connectivity index (χ0v) is 13.7. The number of nitrogens with zero attached hydrogens (tertiary/aromatic N) is 1. The second kappa shape index (κ2) is 6.37. The van der Waals surface area contributed by atoms with Crippen LogP contribution >= 0.6 is 7.60 Å². The molecule has 5 N–H and O–H groups in total. The normalized spacial score (nSPS) is 13.3. The molecule has 0 saturated heterocycles. The number of rotatable bonds is 5. The smallest absolute Gasteiger partial charge is 0.329 e. The van der Waals surface area contributed by atoms with Crippen LogP contribution in [0.15, 0.2) is 18.2 Å². The van der Waals surface area contributed by atoms with E-state index in [2.05, 4.69) is 4.98 Å². The lowest BCUT2D eigenvalue weighted by Gasteiger charge is -2.14. The lowest BCUT2D eigenvalue weighted by Crippen LogP contribution is -2.33. The Labute approximate surface area is 133 Å². The summed E-state index contributed by atoms with van der Waals surface area (Å²) in [5.41, 5.74) is 8.89. The Hall–Kier alpha value is -1.79. The number of fused-ring (bicyclic) bond motifs is 1. The van der Waals surface area contributed by atoms with Crippen molar-refractivity contribution in [1.29, 1.82) is 0 Å². The maximum atomic E-state index is 11.3. The van der Waals surface area contributed by atoms with Gasteiger partial charge in [-0.15, -0.1) is 0 Å². The summed E-state index contributed by atoms with van der Waals surface area (Å²) in [7, 11) is -4.31. The highest BCUT2D eigenvalue weighted by Gasteiger charge is 2.22. The number of hydrogen-bond acceptors (Lipinski definition) is 4. The number of nitrogens with two attached hydrogens (primary N) is 1. The Balaban J connectivity index is 2.59. The van der Waals surface area contributed by atoms with Crippen LogP contribution in [0.2, 0.25) is 0 Å². The molecule has 7 nitrogen and oxygen atoms in total. The molecule has 1 aromatic heterocycles. The highest BCUT2D eigenvalue weighted by molar-refractivity contribution is 7.50. The van der Waals surface area contributed by atoms with Gasteiger partial charge in [-0.05, 0) is 48.7 Å². The molecule has 0 fully saturated rings. The number of aliphatic carboxylic acids is 1. The Bertz CT molecular complexity index is 815. The van der Waals surface area contributed by atoms with Gasteiger partial charge in [0.25, 0.3) is 0 Å². The zero-order chi connectivity index (χ0) is 17.4. The van der Waals surface area contributed by atoms with Crippen molar-refractivity contribution < 1.29 is 24.3 Å². The molecule has 0 radical (unpaired) electrons. The van der Waals surface area contributed by atoms with Crippen LogP contribution in [0.5, 0.6) is 0 Å². The number of hydrogen-bond donors (Lipinski definition) is 4. The van der Waals surface area contributed by atoms with E-state index in [4.69, 9.17) is 10.8 Å². The molecule has 2 aromatic rings. The van der Waals surface area contributed by atoms with E-state index in [1.54, 1.807) is 6.07 Å². The fraction of sp³-hybridized carbons (Fsp3) is 0.333. The van der Waals surface area contributed by atoms with Gasteiger partial charge in [0.15, 0.2) is 0 Å². The fourth-order valence-corrected chi connectivity index (χ4v) is 3.07. The number of carbonyl (C=O) groups is 1. The fourth-order valence-electron chi connectivity index (χ4n) is 2.36. The molecule has 0 saturated carbocycles. The molecule has 23 heavy (non-hydrogen) atoms. The van der Waals surface area contributed by atoms with Crippen LogP contribution in [0.3, 0.4) is 0 Å². The summed E-state index contributed by atoms with van der Waals surface area (Å²) < 4.78 is 11.3. The van der Waals surface area contributed by atoms with Crippen molar-refractivity contribution in [2.24, 2.45) is 5.73 Å². The van der Waals surface area contributed by atoms with Crippen molar-refractivity contribution in [1.82, 2.24) is 4.98 Å². The Morgan fingerprint density at radius 2 is 1.87 bits per heavy atom. The zero-order valence-electron chi connectivity index (χ0n) is 12.9. The Morgan fingerprint density at radius 3 is 2.43 bits per heavy atom. The molecular formula is C15H19N2O5P. The molecule has 0 aliphatic carbocycles. The van der Waals surface area contributed by atoms with Gasteiger partial charge in [-0.2, -0.15) is 0 Å². The highest BCUT2D eigenvalue weighted by atomic mass is 31.2. The number of benzene rings is 1. The monoisotopic (exact) mass is 338 g/mol. The van der Waals surface area contributed by atoms with Crippen LogP contribution in [0.25, 0.3) is 10.9 Å². The molecular weight excluding hydrogens is 319 g/mol. The third kappa shape index (κ3) is 4.36. The van der Waals surface area contributed by atoms with Crippen molar-refractivity contribution in [3.63, 3.8) is 0 Å². The molecule has 8 heteroatoms. The van der Waals surface area contributed by atoms with Crippen LogP contribution in [0.1, 0.15) is 22.4 Å². The molecule has 1 atom stereocenters. The first-order valence-corrected chi connectivity index (χ1v) is 8.79. The van der Waals surface area contributed by atoms with E-state index < -0.39 is 25.8 Å². The van der Waals surface area contributed by atoms with Crippen LogP contribution in [-0.4, -0.2) is 31.9 Å². The van der Waals surface area contributed by atoms with E-state index in [0.717, 1.165) is 16.5 Å². The Kier molecular flexibility index (Phi) is 4.87. The molecule has 124 valence electrons. The minimum absolute atomic E-state index is 0.0898. The van der Waals surface area contributed by atoms with Gasteiger partial charge in [0.2, 0.25) is 0 Å². The predicted molar refractivity (Wildman–Crippen MR) is 86.3 cm³/mol. The molecule has 0 bridgehead atoms. The minimum atomic E-state index is -4.31. The van der Waals surface area contributed by atoms with Crippen LogP contribution in [0.4, 0.5) is 0 Å². The largest absolute Gasteiger partial charge is 0.480 e. The van der Waals surface area contributed by atoms with E-state index in [1.165, 1.54) is 0 Å². The first kappa shape index (κ1) is 17.6. The third-order valence-corrected chi connectivity index (χ3v) is 4.46. The second-order valence-electron chi connectivity index (χ2n) is 5.70. The summed E-state index contributed by atoms with van der Waals surface area (Å²) >= 11 is 0. The number of aryl methyl sites for hydroxylation is 2. The van der Waals surface area contributed by atoms with Crippen molar-refractivity contribution in [2.45, 2.75) is 32.5 Å². The second-order valence-corrected chi connectivity index (χ2v) is 7.34. The summed E-state index contributed by atoms with van der Waals surface area (Å²) in [5.74, 6) is -1.19. The molecule has 2 rings (SSSR count). The van der Waals surface area contributed by atoms with Gasteiger partial charge in [0.05, 0.1) is 11.7 Å². The third-order valence-electron chi connectivity index (χ3n) is 3.71. The number of aromatic nitrogens is 1. The number of carboxylic acid groups (broad SMARTS) is 1. The van der Waals surface area contributed by atoms with Crippen molar-refractivity contribution in [3.8, 4) is 0 Å². The van der Waals surface area contributed by atoms with E-state index in [0.29, 0.717) is 16.8 Å². The van der Waals surface area contributed by atoms with Crippen LogP contribution < -0.4 is 5.73 Å². The maximum absolute atomic E-state index is 11.3. The minimum Gasteiger partial charge on any atom is -0.480 e. The first-order valence-electron chi connectivity index (χ1n) is 6.99. The average molecular weight is 338 g/mol. The molecule has 1 heterocycles. The first-order chi connectivity index (χ1) is 10.6. The summed E-state index contributed by atoms with van der Waals surface area (Å²) in [5, 5.41) is 9.71. The van der Waals surface area contributed by atoms with Crippen molar-refractivity contribution in [2.75, 3.05) is 0 Å². The van der Waals surface area contributed by atoms with Gasteiger partial charge in [-0.25, -0.2) is 0 Å². The summed E-state index contributed by atoms with van der Waals surface area (Å²) in [6.45, 7) is 3.87. The highest BCUT2D eigenvalue weighted by Crippen LogP contribution is 2.40. The van der Waals surface area contributed by atoms with E-state index in [-0.39, 0.29) is 6.42 Å². The summed E-state index contributed by atoms with van der Waals surface area (Å²) in [6, 6.07) is 4.23. The predicted octanol–water partition coefficient (Wildman–Crippen LogP) is 1.48. The number of pyridine rings is 1. The SMILES string of the molecule is Cc1cc2cc(CP(=O)(O)O)c(CC(N)C(=O)O)nc2cc1C. The van der Waals surface area contributed by atoms with E-state index >= 15 is 0 Å². The molecule has 0 aliphatic heterocycles. The maximum Gasteiger partial charge on any atom is 0.329 e. The van der Waals surface area contributed by atoms with Gasteiger partial charge in [-0.3, -0.25) is 14.3 Å². The summed E-state index contributed by atoms with van der Waals surface area (Å²) in [6.07, 6.45) is -0.585. The lowest BCUT2D eigenvalue weighted by atomic mass is 10.0. The van der Waals surface area contributed by atoms with E-state index in [9.17, 15) is 19.1 Å². The van der Waals surface area contributed by atoms with Crippen LogP contribution in [-0.2, 0) is 21.9 Å². The van der Waals surface area contributed by atoms with Gasteiger partial charge in [0, 0.05) is 17.5 Å². The van der Waals surface area contributed by atoms with Crippen LogP contribution in [0, 0.1) is 13.8 Å². The lowest BCUT2D eigenvalue weighted by molar-refractivity contribution is -0.138. The van der Waals surface area contributed by atoms with Gasteiger partial charge >= 0.3 is 13.6 Å². The van der Waals surface area contributed by atoms with Crippen molar-refractivity contribution in [3.05, 3.63) is 40.6 Å². The molecule has 0 spiro atoms. The quantitative estimate of drug-likeness (QED) is 0.607. The van der Waals surface area contributed by atoms with E-state index in [1.807, 2.05) is 26.0 Å². The molecule has 0 amide bonds. The average Bonchev–Trinajstić information content (AvgIpc) is 2.39. The Morgan fingerprint density at radius 1 is 1.26 bits per heavy atom. The van der Waals surface area contributed by atoms with Gasteiger partial charge in [-0.1, -0.05) is 0 Å². The van der Waals surface area contributed by atoms with Crippen molar-refractivity contribution >= 4 is 24.5 Å². The molecule has 1 unspecified atom stereocenters. The molecule has 1 aromatic carbocycles. The van der Waals surface area contributed by atoms with Gasteiger partial charge in [0.1, 0.15) is 6.04 Å². The van der Waals surface area contributed by atoms with Gasteiger partial charge < -0.3 is 20.6 Å².